The maximum absolute atomic E-state index is 11.4. The number of piperidine rings is 1. The summed E-state index contributed by atoms with van der Waals surface area (Å²) in [7, 11) is 1.68. The van der Waals surface area contributed by atoms with Gasteiger partial charge in [0.25, 0.3) is 0 Å². The van der Waals surface area contributed by atoms with Crippen LogP contribution in [0.1, 0.15) is 31.0 Å². The fourth-order valence-corrected chi connectivity index (χ4v) is 2.25. The minimum atomic E-state index is 0.0754. The molecule has 1 fully saturated rings. The van der Waals surface area contributed by atoms with E-state index in [9.17, 15) is 4.79 Å². The van der Waals surface area contributed by atoms with Gasteiger partial charge in [0.2, 0.25) is 5.91 Å². The molecule has 1 atom stereocenters. The molecule has 1 aromatic heterocycles. The van der Waals surface area contributed by atoms with E-state index in [2.05, 4.69) is 20.4 Å². The van der Waals surface area contributed by atoms with Gasteiger partial charge in [-0.1, -0.05) is 6.42 Å². The molecule has 1 aliphatic rings. The standard InChI is InChI=1S/C11H18N4O/c1-12-11(16)8-15-7-3-2-4-10(15)9-5-6-13-14-9/h5-6,10H,2-4,7-8H2,1H3,(H,12,16)(H,13,14)/t10-/m0/s1. The van der Waals surface area contributed by atoms with Crippen molar-refractivity contribution in [2.75, 3.05) is 20.1 Å². The predicted octanol–water partition coefficient (Wildman–Crippen LogP) is 0.683. The fraction of sp³-hybridized carbons (Fsp3) is 0.636. The molecule has 0 aliphatic carbocycles. The number of rotatable bonds is 3. The number of carbonyl (C=O) groups excluding carboxylic acids is 1. The number of hydrogen-bond donors (Lipinski definition) is 2. The second kappa shape index (κ2) is 5.12. The fourth-order valence-electron chi connectivity index (χ4n) is 2.25. The van der Waals surface area contributed by atoms with E-state index < -0.39 is 0 Å². The molecule has 1 aromatic rings. The summed E-state index contributed by atoms with van der Waals surface area (Å²) in [5.41, 5.74) is 1.11. The van der Waals surface area contributed by atoms with Crippen molar-refractivity contribution >= 4 is 5.91 Å². The molecule has 2 rings (SSSR count). The van der Waals surface area contributed by atoms with Gasteiger partial charge in [0.15, 0.2) is 0 Å². The van der Waals surface area contributed by atoms with Crippen molar-refractivity contribution in [3.63, 3.8) is 0 Å². The third-order valence-electron chi connectivity index (χ3n) is 3.12. The molecule has 2 heterocycles. The number of H-pyrrole nitrogens is 1. The Morgan fingerprint density at radius 1 is 1.69 bits per heavy atom. The van der Waals surface area contributed by atoms with Gasteiger partial charge in [0.1, 0.15) is 0 Å². The SMILES string of the molecule is CNC(=O)CN1CCCC[C@H]1c1ccn[nH]1. The van der Waals surface area contributed by atoms with E-state index in [1.54, 1.807) is 13.2 Å². The van der Waals surface area contributed by atoms with Gasteiger partial charge >= 0.3 is 0 Å². The number of nitrogens with one attached hydrogen (secondary N) is 2. The van der Waals surface area contributed by atoms with Crippen LogP contribution >= 0.6 is 0 Å². The molecule has 0 unspecified atom stereocenters. The molecule has 0 saturated carbocycles. The minimum absolute atomic E-state index is 0.0754. The lowest BCUT2D eigenvalue weighted by Crippen LogP contribution is -2.40. The zero-order valence-corrected chi connectivity index (χ0v) is 9.57. The highest BCUT2D eigenvalue weighted by atomic mass is 16.1. The van der Waals surface area contributed by atoms with E-state index >= 15 is 0 Å². The average molecular weight is 222 g/mol. The van der Waals surface area contributed by atoms with Gasteiger partial charge in [0.05, 0.1) is 18.3 Å². The molecule has 5 nitrogen and oxygen atoms in total. The van der Waals surface area contributed by atoms with Crippen LogP contribution in [0.25, 0.3) is 0 Å². The van der Waals surface area contributed by atoms with Crippen LogP contribution in [0.15, 0.2) is 12.3 Å². The van der Waals surface area contributed by atoms with E-state index in [1.165, 1.54) is 12.8 Å². The summed E-state index contributed by atoms with van der Waals surface area (Å²) in [6, 6.07) is 2.31. The first-order valence-electron chi connectivity index (χ1n) is 5.75. The topological polar surface area (TPSA) is 61.0 Å². The first-order chi connectivity index (χ1) is 7.81. The van der Waals surface area contributed by atoms with Gasteiger partial charge in [0, 0.05) is 13.2 Å². The zero-order chi connectivity index (χ0) is 11.4. The highest BCUT2D eigenvalue weighted by Crippen LogP contribution is 2.28. The van der Waals surface area contributed by atoms with Crippen molar-refractivity contribution in [3.8, 4) is 0 Å². The highest BCUT2D eigenvalue weighted by Gasteiger charge is 2.25. The number of hydrogen-bond acceptors (Lipinski definition) is 3. The summed E-state index contributed by atoms with van der Waals surface area (Å²) in [5, 5.41) is 9.66. The summed E-state index contributed by atoms with van der Waals surface area (Å²) in [5.74, 6) is 0.0754. The molecule has 0 spiro atoms. The van der Waals surface area contributed by atoms with Crippen LogP contribution in [0.2, 0.25) is 0 Å². The predicted molar refractivity (Wildman–Crippen MR) is 60.8 cm³/mol. The lowest BCUT2D eigenvalue weighted by atomic mass is 9.99. The van der Waals surface area contributed by atoms with Crippen molar-refractivity contribution in [1.82, 2.24) is 20.4 Å². The van der Waals surface area contributed by atoms with E-state index in [0.29, 0.717) is 12.6 Å². The third-order valence-corrected chi connectivity index (χ3v) is 3.12. The Balaban J connectivity index is 2.05. The first kappa shape index (κ1) is 11.1. The largest absolute Gasteiger partial charge is 0.358 e. The van der Waals surface area contributed by atoms with E-state index in [0.717, 1.165) is 18.7 Å². The Hall–Kier alpha value is -1.36. The number of likely N-dealkylation sites (N-methyl/N-ethyl adjacent to an activating group) is 1. The van der Waals surface area contributed by atoms with Gasteiger partial charge in [-0.2, -0.15) is 5.10 Å². The molecule has 0 aromatic carbocycles. The summed E-state index contributed by atoms with van der Waals surface area (Å²) in [4.78, 5) is 13.6. The Morgan fingerprint density at radius 3 is 3.25 bits per heavy atom. The van der Waals surface area contributed by atoms with Crippen LogP contribution < -0.4 is 5.32 Å². The molecule has 88 valence electrons. The molecule has 1 aliphatic heterocycles. The summed E-state index contributed by atoms with van der Waals surface area (Å²) in [6.45, 7) is 1.46. The van der Waals surface area contributed by atoms with Crippen LogP contribution in [0.3, 0.4) is 0 Å². The van der Waals surface area contributed by atoms with Gasteiger partial charge in [-0.15, -0.1) is 0 Å². The molecule has 1 saturated heterocycles. The Labute approximate surface area is 95.2 Å². The van der Waals surface area contributed by atoms with Crippen LogP contribution in [-0.2, 0) is 4.79 Å². The maximum Gasteiger partial charge on any atom is 0.233 e. The first-order valence-corrected chi connectivity index (χ1v) is 5.75. The van der Waals surface area contributed by atoms with Crippen molar-refractivity contribution in [2.24, 2.45) is 0 Å². The lowest BCUT2D eigenvalue weighted by molar-refractivity contribution is -0.122. The second-order valence-electron chi connectivity index (χ2n) is 4.17. The van der Waals surface area contributed by atoms with Crippen molar-refractivity contribution in [2.45, 2.75) is 25.3 Å². The number of likely N-dealkylation sites (tertiary alicyclic amines) is 1. The molecule has 2 N–H and O–H groups in total. The smallest absolute Gasteiger partial charge is 0.233 e. The molecule has 5 heteroatoms. The summed E-state index contributed by atoms with van der Waals surface area (Å²) < 4.78 is 0. The average Bonchev–Trinajstić information content (AvgIpc) is 2.83. The number of nitrogens with zero attached hydrogens (tertiary/aromatic N) is 2. The van der Waals surface area contributed by atoms with Crippen molar-refractivity contribution in [3.05, 3.63) is 18.0 Å². The number of amides is 1. The Bertz CT molecular complexity index is 336. The second-order valence-corrected chi connectivity index (χ2v) is 4.17. The van der Waals surface area contributed by atoms with Crippen molar-refractivity contribution in [1.29, 1.82) is 0 Å². The van der Waals surface area contributed by atoms with Gasteiger partial charge in [-0.05, 0) is 25.5 Å². The molecular weight excluding hydrogens is 204 g/mol. The Morgan fingerprint density at radius 2 is 2.56 bits per heavy atom. The summed E-state index contributed by atoms with van der Waals surface area (Å²) >= 11 is 0. The van der Waals surface area contributed by atoms with E-state index in [1.807, 2.05) is 6.07 Å². The monoisotopic (exact) mass is 222 g/mol. The lowest BCUT2D eigenvalue weighted by Gasteiger charge is -2.34. The number of aromatic nitrogens is 2. The van der Waals surface area contributed by atoms with Crippen molar-refractivity contribution < 1.29 is 4.79 Å². The minimum Gasteiger partial charge on any atom is -0.358 e. The van der Waals surface area contributed by atoms with Crippen LogP contribution in [0, 0.1) is 0 Å². The quantitative estimate of drug-likeness (QED) is 0.790. The zero-order valence-electron chi connectivity index (χ0n) is 9.57. The Kier molecular flexibility index (Phi) is 3.56. The van der Waals surface area contributed by atoms with E-state index in [4.69, 9.17) is 0 Å². The molecule has 0 radical (unpaired) electrons. The van der Waals surface area contributed by atoms with Gasteiger partial charge in [-0.3, -0.25) is 14.8 Å². The van der Waals surface area contributed by atoms with E-state index in [-0.39, 0.29) is 5.91 Å². The highest BCUT2D eigenvalue weighted by molar-refractivity contribution is 5.77. The molecular formula is C11H18N4O. The van der Waals surface area contributed by atoms with Crippen LogP contribution in [0.5, 0.6) is 0 Å². The molecule has 0 bridgehead atoms. The van der Waals surface area contributed by atoms with Crippen LogP contribution in [0.4, 0.5) is 0 Å². The van der Waals surface area contributed by atoms with Gasteiger partial charge in [-0.25, -0.2) is 0 Å². The van der Waals surface area contributed by atoms with Gasteiger partial charge < -0.3 is 5.32 Å². The van der Waals surface area contributed by atoms with Crippen LogP contribution in [-0.4, -0.2) is 41.1 Å². The normalized spacial score (nSPS) is 21.9. The third kappa shape index (κ3) is 2.41. The molecule has 1 amide bonds. The molecule has 16 heavy (non-hydrogen) atoms. The number of aromatic amines is 1. The number of carbonyl (C=O) groups is 1. The maximum atomic E-state index is 11.4. The summed E-state index contributed by atoms with van der Waals surface area (Å²) in [6.07, 6.45) is 5.25.